The minimum atomic E-state index is 0.104. The third-order valence-corrected chi connectivity index (χ3v) is 3.24. The SMILES string of the molecule is CCOc1cc(C=NNc2ccccc2)c(Br)cc1O. The number of hydrazone groups is 1. The van der Waals surface area contributed by atoms with Crippen LogP contribution in [0.4, 0.5) is 5.69 Å². The molecule has 2 aromatic carbocycles. The van der Waals surface area contributed by atoms with E-state index < -0.39 is 0 Å². The minimum absolute atomic E-state index is 0.104. The van der Waals surface area contributed by atoms with E-state index in [2.05, 4.69) is 26.5 Å². The lowest BCUT2D eigenvalue weighted by atomic mass is 10.2. The van der Waals surface area contributed by atoms with Crippen LogP contribution in [0.15, 0.2) is 52.0 Å². The Balaban J connectivity index is 2.14. The van der Waals surface area contributed by atoms with Crippen LogP contribution < -0.4 is 10.2 Å². The third-order valence-electron chi connectivity index (χ3n) is 2.55. The zero-order valence-electron chi connectivity index (χ0n) is 11.0. The van der Waals surface area contributed by atoms with Crippen LogP contribution >= 0.6 is 15.9 Å². The van der Waals surface area contributed by atoms with Gasteiger partial charge in [-0.1, -0.05) is 18.2 Å². The zero-order valence-corrected chi connectivity index (χ0v) is 12.6. The van der Waals surface area contributed by atoms with Crippen molar-refractivity contribution in [3.8, 4) is 11.5 Å². The first kappa shape index (κ1) is 14.4. The van der Waals surface area contributed by atoms with Gasteiger partial charge in [0.25, 0.3) is 0 Å². The van der Waals surface area contributed by atoms with E-state index in [1.165, 1.54) is 0 Å². The number of ether oxygens (including phenoxy) is 1. The number of aromatic hydroxyl groups is 1. The number of hydrogen-bond donors (Lipinski definition) is 2. The molecule has 5 heteroatoms. The summed E-state index contributed by atoms with van der Waals surface area (Å²) >= 11 is 3.38. The Morgan fingerprint density at radius 2 is 2.05 bits per heavy atom. The van der Waals surface area contributed by atoms with Crippen molar-refractivity contribution >= 4 is 27.8 Å². The molecular formula is C15H15BrN2O2. The van der Waals surface area contributed by atoms with Gasteiger partial charge in [-0.05, 0) is 47.1 Å². The lowest BCUT2D eigenvalue weighted by Crippen LogP contribution is -1.95. The van der Waals surface area contributed by atoms with Gasteiger partial charge in [-0.25, -0.2) is 0 Å². The van der Waals surface area contributed by atoms with Crippen LogP contribution in [0.5, 0.6) is 11.5 Å². The first-order valence-electron chi connectivity index (χ1n) is 6.20. The lowest BCUT2D eigenvalue weighted by Gasteiger charge is -2.08. The van der Waals surface area contributed by atoms with E-state index in [9.17, 15) is 5.11 Å². The number of para-hydroxylation sites is 1. The fourth-order valence-electron chi connectivity index (χ4n) is 1.62. The van der Waals surface area contributed by atoms with Crippen molar-refractivity contribution in [2.75, 3.05) is 12.0 Å². The second-order valence-corrected chi connectivity index (χ2v) is 4.86. The van der Waals surface area contributed by atoms with Crippen LogP contribution in [-0.2, 0) is 0 Å². The van der Waals surface area contributed by atoms with Gasteiger partial charge in [0, 0.05) is 10.0 Å². The van der Waals surface area contributed by atoms with Crippen LogP contribution in [0.25, 0.3) is 0 Å². The number of phenolic OH excluding ortho intramolecular Hbond substituents is 1. The molecule has 0 saturated carbocycles. The molecular weight excluding hydrogens is 320 g/mol. The van der Waals surface area contributed by atoms with E-state index in [4.69, 9.17) is 4.74 Å². The monoisotopic (exact) mass is 334 g/mol. The highest BCUT2D eigenvalue weighted by Gasteiger charge is 2.07. The van der Waals surface area contributed by atoms with Crippen molar-refractivity contribution in [2.24, 2.45) is 5.10 Å². The first-order chi connectivity index (χ1) is 9.70. The molecule has 104 valence electrons. The maximum atomic E-state index is 9.74. The molecule has 0 spiro atoms. The molecule has 0 bridgehead atoms. The summed E-state index contributed by atoms with van der Waals surface area (Å²) in [5.74, 6) is 0.545. The highest BCUT2D eigenvalue weighted by atomic mass is 79.9. The topological polar surface area (TPSA) is 53.8 Å². The number of rotatable bonds is 5. The molecule has 0 atom stereocenters. The molecule has 0 heterocycles. The molecule has 0 saturated heterocycles. The van der Waals surface area contributed by atoms with E-state index >= 15 is 0 Å². The smallest absolute Gasteiger partial charge is 0.161 e. The van der Waals surface area contributed by atoms with Gasteiger partial charge in [0.15, 0.2) is 11.5 Å². The Morgan fingerprint density at radius 3 is 2.75 bits per heavy atom. The first-order valence-corrected chi connectivity index (χ1v) is 6.99. The minimum Gasteiger partial charge on any atom is -0.504 e. The fourth-order valence-corrected chi connectivity index (χ4v) is 2.05. The van der Waals surface area contributed by atoms with Gasteiger partial charge in [0.2, 0.25) is 0 Å². The normalized spacial score (nSPS) is 10.7. The summed E-state index contributed by atoms with van der Waals surface area (Å²) in [7, 11) is 0. The van der Waals surface area contributed by atoms with E-state index in [0.717, 1.165) is 15.7 Å². The van der Waals surface area contributed by atoms with Crippen LogP contribution in [0.2, 0.25) is 0 Å². The molecule has 0 aliphatic heterocycles. The van der Waals surface area contributed by atoms with Gasteiger partial charge in [-0.3, -0.25) is 5.43 Å². The third kappa shape index (κ3) is 3.74. The quantitative estimate of drug-likeness (QED) is 0.641. The van der Waals surface area contributed by atoms with Gasteiger partial charge in [-0.15, -0.1) is 0 Å². The molecule has 2 aromatic rings. The van der Waals surface area contributed by atoms with Gasteiger partial charge in [0.1, 0.15) is 0 Å². The highest BCUT2D eigenvalue weighted by Crippen LogP contribution is 2.31. The number of halogens is 1. The molecule has 0 fully saturated rings. The van der Waals surface area contributed by atoms with E-state index in [1.807, 2.05) is 37.3 Å². The number of nitrogens with one attached hydrogen (secondary N) is 1. The summed E-state index contributed by atoms with van der Waals surface area (Å²) in [5, 5.41) is 13.9. The number of benzene rings is 2. The van der Waals surface area contributed by atoms with Crippen molar-refractivity contribution in [3.05, 3.63) is 52.5 Å². The maximum absolute atomic E-state index is 9.74. The predicted molar refractivity (Wildman–Crippen MR) is 84.6 cm³/mol. The Hall–Kier alpha value is -2.01. The van der Waals surface area contributed by atoms with Gasteiger partial charge >= 0.3 is 0 Å². The zero-order chi connectivity index (χ0) is 14.4. The Labute approximate surface area is 126 Å². The number of hydrogen-bond acceptors (Lipinski definition) is 4. The average molecular weight is 335 g/mol. The molecule has 0 aliphatic rings. The second-order valence-electron chi connectivity index (χ2n) is 4.01. The van der Waals surface area contributed by atoms with Crippen molar-refractivity contribution < 1.29 is 9.84 Å². The van der Waals surface area contributed by atoms with Gasteiger partial charge in [-0.2, -0.15) is 5.10 Å². The standard InChI is InChI=1S/C15H15BrN2O2/c1-2-20-15-8-11(13(16)9-14(15)19)10-17-18-12-6-4-3-5-7-12/h3-10,18-19H,2H2,1H3. The van der Waals surface area contributed by atoms with Crippen LogP contribution in [0.1, 0.15) is 12.5 Å². The summed E-state index contributed by atoms with van der Waals surface area (Å²) in [6.07, 6.45) is 1.67. The van der Waals surface area contributed by atoms with Crippen LogP contribution in [0, 0.1) is 0 Å². The van der Waals surface area contributed by atoms with Crippen molar-refractivity contribution in [1.82, 2.24) is 0 Å². The van der Waals surface area contributed by atoms with E-state index in [-0.39, 0.29) is 5.75 Å². The fraction of sp³-hybridized carbons (Fsp3) is 0.133. The molecule has 2 N–H and O–H groups in total. The molecule has 0 aliphatic carbocycles. The van der Waals surface area contributed by atoms with Crippen molar-refractivity contribution in [2.45, 2.75) is 6.92 Å². The summed E-state index contributed by atoms with van der Waals surface area (Å²) in [6, 6.07) is 13.0. The molecule has 4 nitrogen and oxygen atoms in total. The van der Waals surface area contributed by atoms with Crippen LogP contribution in [-0.4, -0.2) is 17.9 Å². The number of nitrogens with zero attached hydrogens (tertiary/aromatic N) is 1. The maximum Gasteiger partial charge on any atom is 0.161 e. The molecule has 2 rings (SSSR count). The number of phenols is 1. The van der Waals surface area contributed by atoms with E-state index in [1.54, 1.807) is 18.3 Å². The Morgan fingerprint density at radius 1 is 1.30 bits per heavy atom. The molecule has 0 aromatic heterocycles. The van der Waals surface area contributed by atoms with Gasteiger partial charge < -0.3 is 9.84 Å². The van der Waals surface area contributed by atoms with Crippen LogP contribution in [0.3, 0.4) is 0 Å². The Bertz CT molecular complexity index is 600. The predicted octanol–water partition coefficient (Wildman–Crippen LogP) is 4.00. The molecule has 20 heavy (non-hydrogen) atoms. The molecule has 0 amide bonds. The van der Waals surface area contributed by atoms with Gasteiger partial charge in [0.05, 0.1) is 18.5 Å². The van der Waals surface area contributed by atoms with E-state index in [0.29, 0.717) is 12.4 Å². The van der Waals surface area contributed by atoms with Crippen molar-refractivity contribution in [3.63, 3.8) is 0 Å². The second kappa shape index (κ2) is 6.96. The largest absolute Gasteiger partial charge is 0.504 e. The van der Waals surface area contributed by atoms with Crippen molar-refractivity contribution in [1.29, 1.82) is 0 Å². The molecule has 0 radical (unpaired) electrons. The summed E-state index contributed by atoms with van der Waals surface area (Å²) < 4.78 is 6.09. The lowest BCUT2D eigenvalue weighted by molar-refractivity contribution is 0.318. The Kier molecular flexibility index (Phi) is 5.01. The average Bonchev–Trinajstić information content (AvgIpc) is 2.45. The highest BCUT2D eigenvalue weighted by molar-refractivity contribution is 9.10. The molecule has 0 unspecified atom stereocenters. The summed E-state index contributed by atoms with van der Waals surface area (Å²) in [5.41, 5.74) is 4.65. The summed E-state index contributed by atoms with van der Waals surface area (Å²) in [6.45, 7) is 2.36. The summed E-state index contributed by atoms with van der Waals surface area (Å²) in [4.78, 5) is 0. The number of anilines is 1.